The van der Waals surface area contributed by atoms with Gasteiger partial charge in [0.1, 0.15) is 18.3 Å². The van der Waals surface area contributed by atoms with Crippen LogP contribution in [0.5, 0.6) is 0 Å². The van der Waals surface area contributed by atoms with Gasteiger partial charge in [-0.15, -0.1) is 4.83 Å². The van der Waals surface area contributed by atoms with Crippen molar-refractivity contribution in [2.45, 2.75) is 111 Å². The predicted molar refractivity (Wildman–Crippen MR) is 138 cm³/mol. The van der Waals surface area contributed by atoms with E-state index in [9.17, 15) is 13.2 Å². The highest BCUT2D eigenvalue weighted by Gasteiger charge is 2.65. The Hall–Kier alpha value is -2.12. The highest BCUT2D eigenvalue weighted by molar-refractivity contribution is 7.89. The lowest BCUT2D eigenvalue weighted by Crippen LogP contribution is -2.61. The fourth-order valence-electron chi connectivity index (χ4n) is 6.75. The average Bonchev–Trinajstić information content (AvgIpc) is 3.49. The molecule has 0 aromatic heterocycles. The minimum absolute atomic E-state index is 0.0392. The summed E-state index contributed by atoms with van der Waals surface area (Å²) >= 11 is 0. The van der Waals surface area contributed by atoms with E-state index in [1.54, 1.807) is 12.1 Å². The minimum atomic E-state index is -4.04. The first kappa shape index (κ1) is 25.8. The minimum Gasteiger partial charge on any atom is -0.341 e. The van der Waals surface area contributed by atoms with Crippen LogP contribution >= 0.6 is 0 Å². The third-order valence-electron chi connectivity index (χ3n) is 8.71. The molecule has 5 atom stereocenters. The van der Waals surface area contributed by atoms with Gasteiger partial charge in [-0.25, -0.2) is 8.42 Å². The molecule has 2 aromatic rings. The Morgan fingerprint density at radius 1 is 0.744 bits per heavy atom. The van der Waals surface area contributed by atoms with E-state index in [4.69, 9.17) is 23.7 Å². The van der Waals surface area contributed by atoms with Crippen molar-refractivity contribution < 1.29 is 36.9 Å². The molecule has 10 nitrogen and oxygen atoms in total. The lowest BCUT2D eigenvalue weighted by atomic mass is 9.94. The van der Waals surface area contributed by atoms with Gasteiger partial charge in [0.15, 0.2) is 24.0 Å². The van der Waals surface area contributed by atoms with Crippen molar-refractivity contribution in [1.82, 2.24) is 10.3 Å². The van der Waals surface area contributed by atoms with E-state index in [0.29, 0.717) is 0 Å². The fourth-order valence-corrected chi connectivity index (χ4v) is 7.63. The number of hydrogen-bond acceptors (Lipinski definition) is 8. The van der Waals surface area contributed by atoms with Gasteiger partial charge in [-0.05, 0) is 48.6 Å². The first-order chi connectivity index (χ1) is 18.9. The predicted octanol–water partition coefficient (Wildman–Crippen LogP) is 3.39. The van der Waals surface area contributed by atoms with Crippen molar-refractivity contribution in [1.29, 1.82) is 0 Å². The lowest BCUT2D eigenvalue weighted by Gasteiger charge is -2.36. The number of ether oxygens (including phenoxy) is 5. The molecule has 3 aliphatic heterocycles. The largest absolute Gasteiger partial charge is 0.341 e. The molecule has 0 bridgehead atoms. The van der Waals surface area contributed by atoms with Gasteiger partial charge < -0.3 is 23.7 Å². The Kier molecular flexibility index (Phi) is 6.46. The number of carbonyl (C=O) groups excluding carboxylic acids is 1. The maximum absolute atomic E-state index is 13.5. The van der Waals surface area contributed by atoms with Crippen molar-refractivity contribution in [2.75, 3.05) is 0 Å². The third kappa shape index (κ3) is 4.67. The second kappa shape index (κ2) is 9.76. The van der Waals surface area contributed by atoms with E-state index < -0.39 is 58.2 Å². The number of rotatable bonds is 4. The molecule has 2 spiro atoms. The summed E-state index contributed by atoms with van der Waals surface area (Å²) in [5.74, 6) is -2.20. The molecular formula is C28H34N2O8S. The number of sulfonamides is 1. The number of carbonyl (C=O) groups is 1. The smallest absolute Gasteiger partial charge is 0.267 e. The van der Waals surface area contributed by atoms with Crippen LogP contribution in [0.15, 0.2) is 47.4 Å². The van der Waals surface area contributed by atoms with Gasteiger partial charge in [-0.1, -0.05) is 43.2 Å². The van der Waals surface area contributed by atoms with Gasteiger partial charge in [-0.2, -0.15) is 0 Å². The van der Waals surface area contributed by atoms with Crippen LogP contribution in [0.4, 0.5) is 0 Å². The van der Waals surface area contributed by atoms with Crippen LogP contribution in [-0.2, 0) is 38.5 Å². The fraction of sp³-hybridized carbons (Fsp3) is 0.607. The standard InChI is InChI=1S/C28H34N2O8S/c31-25(29-30-39(32,33)20-12-11-18-9-3-4-10-19(18)17-20)23-21-22(36-27(35-21)13-5-1-6-14-27)24-26(34-23)38-28(37-24)15-7-2-8-16-28/h3-4,9-12,17,21-24,26,30H,1-2,5-8,13-16H2,(H,29,31)/t21-,22-,23+,24+,26+/m0/s1. The molecule has 210 valence electrons. The molecule has 5 fully saturated rings. The van der Waals surface area contributed by atoms with Crippen LogP contribution in [0, 0.1) is 0 Å². The van der Waals surface area contributed by atoms with Gasteiger partial charge in [0.25, 0.3) is 15.9 Å². The third-order valence-corrected chi connectivity index (χ3v) is 9.95. The Labute approximate surface area is 227 Å². The van der Waals surface area contributed by atoms with Crippen LogP contribution in [0.25, 0.3) is 10.8 Å². The second-order valence-corrected chi connectivity index (χ2v) is 13.0. The lowest BCUT2D eigenvalue weighted by molar-refractivity contribution is -0.247. The van der Waals surface area contributed by atoms with Crippen molar-refractivity contribution in [2.24, 2.45) is 0 Å². The highest BCUT2D eigenvalue weighted by atomic mass is 32.2. The summed E-state index contributed by atoms with van der Waals surface area (Å²) in [7, 11) is -4.04. The van der Waals surface area contributed by atoms with Gasteiger partial charge in [0.2, 0.25) is 0 Å². The maximum atomic E-state index is 13.5. The van der Waals surface area contributed by atoms with Crippen LogP contribution in [-0.4, -0.2) is 56.6 Å². The Morgan fingerprint density at radius 3 is 2.08 bits per heavy atom. The normalized spacial score (nSPS) is 33.2. The number of hydrazine groups is 1. The first-order valence-electron chi connectivity index (χ1n) is 14.0. The number of amides is 1. The first-order valence-corrected chi connectivity index (χ1v) is 15.5. The summed E-state index contributed by atoms with van der Waals surface area (Å²) in [6.07, 6.45) is 5.36. The van der Waals surface area contributed by atoms with Gasteiger partial charge in [0, 0.05) is 25.7 Å². The summed E-state index contributed by atoms with van der Waals surface area (Å²) in [6, 6.07) is 12.3. The van der Waals surface area contributed by atoms with E-state index in [-0.39, 0.29) is 4.90 Å². The summed E-state index contributed by atoms with van der Waals surface area (Å²) in [5, 5.41) is 1.70. The van der Waals surface area contributed by atoms with E-state index in [1.807, 2.05) is 24.3 Å². The Morgan fingerprint density at radius 2 is 1.36 bits per heavy atom. The molecule has 3 saturated heterocycles. The Bertz CT molecular complexity index is 1350. The van der Waals surface area contributed by atoms with Crippen molar-refractivity contribution in [3.63, 3.8) is 0 Å². The van der Waals surface area contributed by atoms with E-state index in [0.717, 1.165) is 75.0 Å². The zero-order valence-electron chi connectivity index (χ0n) is 21.7. The summed E-state index contributed by atoms with van der Waals surface area (Å²) in [6.45, 7) is 0. The molecule has 1 amide bonds. The topological polar surface area (TPSA) is 121 Å². The highest BCUT2D eigenvalue weighted by Crippen LogP contribution is 2.50. The van der Waals surface area contributed by atoms with Crippen LogP contribution in [0.3, 0.4) is 0 Å². The van der Waals surface area contributed by atoms with E-state index in [2.05, 4.69) is 10.3 Å². The van der Waals surface area contributed by atoms with Crippen molar-refractivity contribution in [3.8, 4) is 0 Å². The molecule has 5 aliphatic rings. The molecule has 39 heavy (non-hydrogen) atoms. The number of fused-ring (bicyclic) bond motifs is 4. The van der Waals surface area contributed by atoms with Crippen molar-refractivity contribution in [3.05, 3.63) is 42.5 Å². The SMILES string of the molecule is O=C(NNS(=O)(=O)c1ccc2ccccc2c1)[C@@H]1O[C@@H]2OC3(CCCCC3)O[C@@H]2[C@H]2OC3(CCCCC3)O[C@@H]21. The molecule has 2 aromatic carbocycles. The van der Waals surface area contributed by atoms with E-state index >= 15 is 0 Å². The molecule has 3 heterocycles. The van der Waals surface area contributed by atoms with Gasteiger partial charge in [-0.3, -0.25) is 10.2 Å². The molecule has 2 N–H and O–H groups in total. The molecular weight excluding hydrogens is 524 g/mol. The van der Waals surface area contributed by atoms with Gasteiger partial charge >= 0.3 is 0 Å². The molecule has 2 aliphatic carbocycles. The van der Waals surface area contributed by atoms with Crippen LogP contribution in [0.1, 0.15) is 64.2 Å². The van der Waals surface area contributed by atoms with Crippen LogP contribution < -0.4 is 10.3 Å². The second-order valence-electron chi connectivity index (χ2n) is 11.3. The molecule has 0 radical (unpaired) electrons. The molecule has 2 saturated carbocycles. The van der Waals surface area contributed by atoms with Crippen LogP contribution in [0.2, 0.25) is 0 Å². The number of hydrogen-bond donors (Lipinski definition) is 2. The van der Waals surface area contributed by atoms with Crippen molar-refractivity contribution >= 4 is 26.7 Å². The summed E-state index contributed by atoms with van der Waals surface area (Å²) in [5.41, 5.74) is 2.36. The summed E-state index contributed by atoms with van der Waals surface area (Å²) in [4.78, 5) is 15.7. The zero-order chi connectivity index (χ0) is 26.7. The molecule has 0 unspecified atom stereocenters. The zero-order valence-corrected chi connectivity index (χ0v) is 22.5. The molecule has 11 heteroatoms. The number of benzene rings is 2. The average molecular weight is 559 g/mol. The van der Waals surface area contributed by atoms with Gasteiger partial charge in [0.05, 0.1) is 4.90 Å². The number of nitrogens with one attached hydrogen (secondary N) is 2. The Balaban J connectivity index is 1.11. The van der Waals surface area contributed by atoms with E-state index in [1.165, 1.54) is 6.07 Å². The maximum Gasteiger partial charge on any atom is 0.267 e. The monoisotopic (exact) mass is 558 g/mol. The summed E-state index contributed by atoms with van der Waals surface area (Å²) < 4.78 is 58.1. The quantitative estimate of drug-likeness (QED) is 0.548. The molecule has 7 rings (SSSR count).